The molecule has 1 fully saturated rings. The molecule has 0 aliphatic carbocycles. The van der Waals surface area contributed by atoms with E-state index < -0.39 is 5.60 Å². The Hall–Kier alpha value is -3.52. The van der Waals surface area contributed by atoms with E-state index in [0.29, 0.717) is 49.8 Å². The van der Waals surface area contributed by atoms with Crippen molar-refractivity contribution >= 4 is 16.9 Å². The molecule has 1 amide bonds. The summed E-state index contributed by atoms with van der Waals surface area (Å²) in [6.45, 7) is 4.90. The Labute approximate surface area is 185 Å². The van der Waals surface area contributed by atoms with Gasteiger partial charge in [-0.05, 0) is 50.1 Å². The zero-order valence-corrected chi connectivity index (χ0v) is 18.2. The highest BCUT2D eigenvalue weighted by molar-refractivity contribution is 5.92. The second-order valence-electron chi connectivity index (χ2n) is 8.44. The first-order valence-electron chi connectivity index (χ1n) is 10.7. The monoisotopic (exact) mass is 431 g/mol. The summed E-state index contributed by atoms with van der Waals surface area (Å²) in [5, 5.41) is 11.2. The van der Waals surface area contributed by atoms with Crippen molar-refractivity contribution in [3.05, 3.63) is 66.3 Å². The molecule has 5 heterocycles. The second-order valence-corrected chi connectivity index (χ2v) is 8.44. The molecular weight excluding hydrogens is 406 g/mol. The Morgan fingerprint density at radius 3 is 2.53 bits per heavy atom. The minimum Gasteiger partial charge on any atom is -0.436 e. The van der Waals surface area contributed by atoms with Crippen molar-refractivity contribution in [2.24, 2.45) is 0 Å². The van der Waals surface area contributed by atoms with Crippen LogP contribution in [0.3, 0.4) is 0 Å². The molecule has 0 bridgehead atoms. The lowest BCUT2D eigenvalue weighted by atomic mass is 9.91. The molecule has 0 radical (unpaired) electrons. The summed E-state index contributed by atoms with van der Waals surface area (Å²) >= 11 is 0. The predicted octanol–water partition coefficient (Wildman–Crippen LogP) is 3.37. The van der Waals surface area contributed by atoms with Crippen molar-refractivity contribution in [2.45, 2.75) is 38.8 Å². The minimum atomic E-state index is -0.890. The number of hydrogen-bond acceptors (Lipinski definition) is 6. The van der Waals surface area contributed by atoms with Gasteiger partial charge < -0.3 is 19.0 Å². The third kappa shape index (κ3) is 3.78. The van der Waals surface area contributed by atoms with Gasteiger partial charge in [0.25, 0.3) is 5.91 Å². The lowest BCUT2D eigenvalue weighted by molar-refractivity contribution is -0.0289. The van der Waals surface area contributed by atoms with Crippen molar-refractivity contribution in [2.75, 3.05) is 13.1 Å². The van der Waals surface area contributed by atoms with Gasteiger partial charge in [0.1, 0.15) is 0 Å². The van der Waals surface area contributed by atoms with E-state index >= 15 is 0 Å². The van der Waals surface area contributed by atoms with Gasteiger partial charge in [-0.25, -0.2) is 9.97 Å². The molecule has 1 saturated heterocycles. The van der Waals surface area contributed by atoms with Gasteiger partial charge in [-0.2, -0.15) is 0 Å². The van der Waals surface area contributed by atoms with Gasteiger partial charge >= 0.3 is 0 Å². The summed E-state index contributed by atoms with van der Waals surface area (Å²) in [7, 11) is 0. The largest absolute Gasteiger partial charge is 0.436 e. The van der Waals surface area contributed by atoms with Crippen molar-refractivity contribution in [1.29, 1.82) is 0 Å². The number of hydrogen-bond donors (Lipinski definition) is 1. The van der Waals surface area contributed by atoms with E-state index in [1.807, 2.05) is 41.1 Å². The fourth-order valence-electron chi connectivity index (χ4n) is 4.37. The number of oxazole rings is 1. The minimum absolute atomic E-state index is 0.163. The van der Waals surface area contributed by atoms with Crippen molar-refractivity contribution < 1.29 is 14.3 Å². The first kappa shape index (κ1) is 20.4. The standard InChI is InChI=1S/C24H25N5O3/c1-16-22(32-17(2)26-16)23(30)28-13-8-24(31,9-14-28)15-29-12-7-20-21(29)4-3-19(27-20)18-5-10-25-11-6-18/h3-7,10-12,31H,8-9,13-15H2,1-2H3. The second kappa shape index (κ2) is 7.87. The molecule has 8 heteroatoms. The number of likely N-dealkylation sites (tertiary alicyclic amines) is 1. The van der Waals surface area contributed by atoms with Crippen LogP contribution >= 0.6 is 0 Å². The van der Waals surface area contributed by atoms with Crippen LogP contribution in [0.5, 0.6) is 0 Å². The molecule has 0 spiro atoms. The van der Waals surface area contributed by atoms with E-state index in [1.54, 1.807) is 31.1 Å². The fraction of sp³-hybridized carbons (Fsp3) is 0.333. The van der Waals surface area contributed by atoms with Gasteiger partial charge in [0, 0.05) is 44.2 Å². The van der Waals surface area contributed by atoms with E-state index in [9.17, 15) is 9.90 Å². The molecule has 1 aliphatic rings. The number of nitrogens with zero attached hydrogens (tertiary/aromatic N) is 5. The van der Waals surface area contributed by atoms with Crippen LogP contribution in [0.15, 0.2) is 53.3 Å². The average molecular weight is 431 g/mol. The number of fused-ring (bicyclic) bond motifs is 1. The molecule has 0 unspecified atom stereocenters. The number of piperidine rings is 1. The van der Waals surface area contributed by atoms with Crippen molar-refractivity contribution in [3.8, 4) is 11.3 Å². The normalized spacial score (nSPS) is 15.9. The Morgan fingerprint density at radius 2 is 1.84 bits per heavy atom. The third-order valence-corrected chi connectivity index (χ3v) is 6.14. The number of pyridine rings is 2. The summed E-state index contributed by atoms with van der Waals surface area (Å²) in [6.07, 6.45) is 6.46. The van der Waals surface area contributed by atoms with Crippen LogP contribution in [0.4, 0.5) is 0 Å². The molecule has 164 valence electrons. The van der Waals surface area contributed by atoms with Crippen LogP contribution < -0.4 is 0 Å². The molecule has 0 saturated carbocycles. The summed E-state index contributed by atoms with van der Waals surface area (Å²) in [4.78, 5) is 27.5. The maximum Gasteiger partial charge on any atom is 0.291 e. The van der Waals surface area contributed by atoms with Gasteiger partial charge in [0.05, 0.1) is 34.6 Å². The Morgan fingerprint density at radius 1 is 1.09 bits per heavy atom. The predicted molar refractivity (Wildman–Crippen MR) is 119 cm³/mol. The molecule has 1 aliphatic heterocycles. The Kier molecular flexibility index (Phi) is 5.01. The van der Waals surface area contributed by atoms with E-state index in [-0.39, 0.29) is 5.91 Å². The molecule has 5 rings (SSSR count). The van der Waals surface area contributed by atoms with E-state index in [4.69, 9.17) is 9.40 Å². The molecule has 0 atom stereocenters. The molecule has 4 aromatic heterocycles. The highest BCUT2D eigenvalue weighted by atomic mass is 16.4. The third-order valence-electron chi connectivity index (χ3n) is 6.14. The SMILES string of the molecule is Cc1nc(C)c(C(=O)N2CCC(O)(Cn3ccc4nc(-c5ccncc5)ccc43)CC2)o1. The van der Waals surface area contributed by atoms with Crippen LogP contribution in [-0.2, 0) is 6.54 Å². The molecule has 32 heavy (non-hydrogen) atoms. The Balaban J connectivity index is 1.29. The number of carbonyl (C=O) groups is 1. The van der Waals surface area contributed by atoms with Crippen molar-refractivity contribution in [1.82, 2.24) is 24.4 Å². The molecule has 0 aromatic carbocycles. The van der Waals surface area contributed by atoms with Gasteiger partial charge in [0.2, 0.25) is 5.76 Å². The van der Waals surface area contributed by atoms with E-state index in [2.05, 4.69) is 9.97 Å². The first-order chi connectivity index (χ1) is 15.4. The molecule has 4 aromatic rings. The van der Waals surface area contributed by atoms with Gasteiger partial charge in [-0.15, -0.1) is 0 Å². The topological polar surface area (TPSA) is 97.3 Å². The van der Waals surface area contributed by atoms with Crippen molar-refractivity contribution in [3.63, 3.8) is 0 Å². The number of rotatable bonds is 4. The Bertz CT molecular complexity index is 1270. The highest BCUT2D eigenvalue weighted by Crippen LogP contribution is 2.28. The summed E-state index contributed by atoms with van der Waals surface area (Å²) in [5.41, 5.74) is 3.47. The zero-order valence-electron chi connectivity index (χ0n) is 18.2. The van der Waals surface area contributed by atoms with Crippen LogP contribution in [-0.4, -0.2) is 54.1 Å². The maximum atomic E-state index is 12.8. The average Bonchev–Trinajstić information content (AvgIpc) is 3.35. The number of aromatic nitrogens is 4. The number of amides is 1. The summed E-state index contributed by atoms with van der Waals surface area (Å²) in [5.74, 6) is 0.615. The summed E-state index contributed by atoms with van der Waals surface area (Å²) in [6, 6.07) is 9.86. The lowest BCUT2D eigenvalue weighted by Crippen LogP contribution is -2.48. The van der Waals surface area contributed by atoms with Crippen LogP contribution in [0.2, 0.25) is 0 Å². The maximum absolute atomic E-state index is 12.8. The molecule has 8 nitrogen and oxygen atoms in total. The number of aryl methyl sites for hydroxylation is 2. The van der Waals surface area contributed by atoms with E-state index in [1.165, 1.54) is 0 Å². The van der Waals surface area contributed by atoms with Crippen LogP contribution in [0.1, 0.15) is 35.0 Å². The number of aliphatic hydroxyl groups is 1. The van der Waals surface area contributed by atoms with Gasteiger partial charge in [0.15, 0.2) is 5.89 Å². The summed E-state index contributed by atoms with van der Waals surface area (Å²) < 4.78 is 7.52. The zero-order chi connectivity index (χ0) is 22.3. The van der Waals surface area contributed by atoms with Gasteiger partial charge in [-0.1, -0.05) is 0 Å². The van der Waals surface area contributed by atoms with Crippen LogP contribution in [0, 0.1) is 13.8 Å². The smallest absolute Gasteiger partial charge is 0.291 e. The van der Waals surface area contributed by atoms with Crippen LogP contribution in [0.25, 0.3) is 22.3 Å². The lowest BCUT2D eigenvalue weighted by Gasteiger charge is -2.38. The molecule has 1 N–H and O–H groups in total. The quantitative estimate of drug-likeness (QED) is 0.532. The number of carbonyl (C=O) groups excluding carboxylic acids is 1. The first-order valence-corrected chi connectivity index (χ1v) is 10.7. The fourth-order valence-corrected chi connectivity index (χ4v) is 4.37. The van der Waals surface area contributed by atoms with E-state index in [0.717, 1.165) is 22.3 Å². The van der Waals surface area contributed by atoms with Gasteiger partial charge in [-0.3, -0.25) is 9.78 Å². The molecular formula is C24H25N5O3. The highest BCUT2D eigenvalue weighted by Gasteiger charge is 2.36.